The molecule has 0 aliphatic carbocycles. The van der Waals surface area contributed by atoms with E-state index in [1.165, 1.54) is 29.2 Å². The average Bonchev–Trinajstić information content (AvgIpc) is 3.13. The SMILES string of the molecule is CC(C)COc1ccc(/C(O)=C2\C(=O)C(=O)N(c3ccc(S(N)(=O)=O)cc3)C2c2ccccc2)cc1. The standard InChI is InChI=1S/C27H26N2O6S/c1-17(2)16-35-21-12-8-19(9-13-21)25(30)23-24(18-6-4-3-5-7-18)29(27(32)26(23)31)20-10-14-22(15-11-20)36(28,33)34/h3-15,17,24,30H,16H2,1-2H3,(H2,28,33,34)/b25-23+. The van der Waals surface area contributed by atoms with Gasteiger partial charge in [0, 0.05) is 11.3 Å². The molecule has 1 fully saturated rings. The Labute approximate surface area is 209 Å². The van der Waals surface area contributed by atoms with Gasteiger partial charge in [-0.1, -0.05) is 44.2 Å². The number of ketones is 1. The van der Waals surface area contributed by atoms with Crippen molar-refractivity contribution in [3.8, 4) is 5.75 Å². The first-order valence-electron chi connectivity index (χ1n) is 11.3. The fraction of sp³-hybridized carbons (Fsp3) is 0.185. The van der Waals surface area contributed by atoms with E-state index in [1.54, 1.807) is 54.6 Å². The minimum atomic E-state index is -3.94. The fourth-order valence-electron chi connectivity index (χ4n) is 3.97. The number of aliphatic hydroxyl groups excluding tert-OH is 1. The second kappa shape index (κ2) is 9.96. The van der Waals surface area contributed by atoms with E-state index >= 15 is 0 Å². The quantitative estimate of drug-likeness (QED) is 0.283. The van der Waals surface area contributed by atoms with Crippen LogP contribution >= 0.6 is 0 Å². The normalized spacial score (nSPS) is 17.6. The Kier molecular flexibility index (Phi) is 6.96. The van der Waals surface area contributed by atoms with Gasteiger partial charge in [-0.15, -0.1) is 0 Å². The van der Waals surface area contributed by atoms with Gasteiger partial charge in [-0.05, 0) is 60.0 Å². The third kappa shape index (κ3) is 5.02. The van der Waals surface area contributed by atoms with Crippen LogP contribution < -0.4 is 14.8 Å². The van der Waals surface area contributed by atoms with E-state index in [-0.39, 0.29) is 21.9 Å². The number of amides is 1. The van der Waals surface area contributed by atoms with E-state index in [9.17, 15) is 23.1 Å². The van der Waals surface area contributed by atoms with Crippen LogP contribution in [-0.2, 0) is 19.6 Å². The lowest BCUT2D eigenvalue weighted by Gasteiger charge is -2.25. The highest BCUT2D eigenvalue weighted by Crippen LogP contribution is 2.42. The van der Waals surface area contributed by atoms with Gasteiger partial charge in [0.15, 0.2) is 0 Å². The maximum atomic E-state index is 13.2. The van der Waals surface area contributed by atoms with E-state index in [0.29, 0.717) is 29.4 Å². The monoisotopic (exact) mass is 506 g/mol. The fourth-order valence-corrected chi connectivity index (χ4v) is 4.49. The zero-order chi connectivity index (χ0) is 26.0. The number of rotatable bonds is 7. The lowest BCUT2D eigenvalue weighted by atomic mass is 9.95. The minimum absolute atomic E-state index is 0.0717. The molecule has 1 unspecified atom stereocenters. The third-order valence-corrected chi connectivity index (χ3v) is 6.64. The van der Waals surface area contributed by atoms with Crippen molar-refractivity contribution < 1.29 is 27.9 Å². The van der Waals surface area contributed by atoms with Crippen molar-refractivity contribution in [2.45, 2.75) is 24.8 Å². The molecule has 4 rings (SSSR count). The molecule has 8 nitrogen and oxygen atoms in total. The van der Waals surface area contributed by atoms with Crippen molar-refractivity contribution in [3.63, 3.8) is 0 Å². The Hall–Kier alpha value is -3.95. The summed E-state index contributed by atoms with van der Waals surface area (Å²) in [4.78, 5) is 27.5. The summed E-state index contributed by atoms with van der Waals surface area (Å²) in [5, 5.41) is 16.4. The van der Waals surface area contributed by atoms with Crippen LogP contribution in [0.1, 0.15) is 31.0 Å². The number of nitrogens with zero attached hydrogens (tertiary/aromatic N) is 1. The number of carbonyl (C=O) groups is 2. The van der Waals surface area contributed by atoms with Gasteiger partial charge in [0.2, 0.25) is 10.0 Å². The molecule has 0 spiro atoms. The second-order valence-corrected chi connectivity index (χ2v) is 10.4. The Balaban J connectivity index is 1.80. The number of primary sulfonamides is 1. The maximum absolute atomic E-state index is 13.2. The van der Waals surface area contributed by atoms with Gasteiger partial charge in [0.05, 0.1) is 23.1 Å². The Morgan fingerprint density at radius 1 is 0.972 bits per heavy atom. The molecule has 1 aliphatic heterocycles. The molecule has 9 heteroatoms. The summed E-state index contributed by atoms with van der Waals surface area (Å²) in [7, 11) is -3.94. The molecule has 1 aliphatic rings. The summed E-state index contributed by atoms with van der Waals surface area (Å²) < 4.78 is 29.0. The number of hydrogen-bond donors (Lipinski definition) is 2. The van der Waals surface area contributed by atoms with Crippen molar-refractivity contribution >= 4 is 33.2 Å². The average molecular weight is 507 g/mol. The number of nitrogens with two attached hydrogens (primary N) is 1. The van der Waals surface area contributed by atoms with Crippen LogP contribution in [0.25, 0.3) is 5.76 Å². The molecule has 1 amide bonds. The number of benzene rings is 3. The summed E-state index contributed by atoms with van der Waals surface area (Å²) in [5.74, 6) is -1.04. The van der Waals surface area contributed by atoms with E-state index < -0.39 is 27.8 Å². The number of carbonyl (C=O) groups excluding carboxylic acids is 2. The summed E-state index contributed by atoms with van der Waals surface area (Å²) in [6.45, 7) is 4.60. The van der Waals surface area contributed by atoms with E-state index in [1.807, 2.05) is 13.8 Å². The Morgan fingerprint density at radius 3 is 2.14 bits per heavy atom. The van der Waals surface area contributed by atoms with Crippen molar-refractivity contribution in [3.05, 3.63) is 95.6 Å². The minimum Gasteiger partial charge on any atom is -0.507 e. The van der Waals surface area contributed by atoms with E-state index in [2.05, 4.69) is 0 Å². The van der Waals surface area contributed by atoms with Crippen molar-refractivity contribution in [2.75, 3.05) is 11.5 Å². The van der Waals surface area contributed by atoms with Crippen LogP contribution in [0, 0.1) is 5.92 Å². The Morgan fingerprint density at radius 2 is 1.58 bits per heavy atom. The number of ether oxygens (including phenoxy) is 1. The molecule has 1 saturated heterocycles. The number of anilines is 1. The van der Waals surface area contributed by atoms with Gasteiger partial charge in [-0.25, -0.2) is 13.6 Å². The van der Waals surface area contributed by atoms with Crippen molar-refractivity contribution in [1.82, 2.24) is 0 Å². The van der Waals surface area contributed by atoms with Crippen molar-refractivity contribution in [1.29, 1.82) is 0 Å². The highest BCUT2D eigenvalue weighted by molar-refractivity contribution is 7.89. The zero-order valence-corrected chi connectivity index (χ0v) is 20.6. The third-order valence-electron chi connectivity index (χ3n) is 5.71. The maximum Gasteiger partial charge on any atom is 0.300 e. The molecular formula is C27H26N2O6S. The van der Waals surface area contributed by atoms with Crippen LogP contribution in [0.5, 0.6) is 5.75 Å². The molecule has 0 saturated carbocycles. The number of Topliss-reactive ketones (excluding diaryl/α,β-unsaturated/α-hetero) is 1. The molecule has 3 aromatic rings. The van der Waals surface area contributed by atoms with Gasteiger partial charge in [0.1, 0.15) is 11.5 Å². The lowest BCUT2D eigenvalue weighted by Crippen LogP contribution is -2.29. The van der Waals surface area contributed by atoms with Crippen LogP contribution in [-0.4, -0.2) is 31.8 Å². The van der Waals surface area contributed by atoms with Crippen LogP contribution in [0.15, 0.2) is 89.3 Å². The first-order valence-corrected chi connectivity index (χ1v) is 12.8. The van der Waals surface area contributed by atoms with Crippen molar-refractivity contribution in [2.24, 2.45) is 11.1 Å². The lowest BCUT2D eigenvalue weighted by molar-refractivity contribution is -0.132. The number of aliphatic hydroxyl groups is 1. The van der Waals surface area contributed by atoms with Crippen LogP contribution in [0.4, 0.5) is 5.69 Å². The van der Waals surface area contributed by atoms with Gasteiger partial charge >= 0.3 is 0 Å². The van der Waals surface area contributed by atoms with E-state index in [0.717, 1.165) is 0 Å². The molecule has 186 valence electrons. The second-order valence-electron chi connectivity index (χ2n) is 8.85. The number of sulfonamides is 1. The predicted octanol–water partition coefficient (Wildman–Crippen LogP) is 4.00. The number of hydrogen-bond acceptors (Lipinski definition) is 6. The highest BCUT2D eigenvalue weighted by atomic mass is 32.2. The molecule has 0 radical (unpaired) electrons. The zero-order valence-electron chi connectivity index (χ0n) is 19.8. The van der Waals surface area contributed by atoms with Crippen LogP contribution in [0.2, 0.25) is 0 Å². The summed E-state index contributed by atoms with van der Waals surface area (Å²) in [6, 6.07) is 19.9. The first kappa shape index (κ1) is 25.2. The summed E-state index contributed by atoms with van der Waals surface area (Å²) in [6.07, 6.45) is 0. The summed E-state index contributed by atoms with van der Waals surface area (Å²) >= 11 is 0. The van der Waals surface area contributed by atoms with Gasteiger partial charge in [0.25, 0.3) is 11.7 Å². The summed E-state index contributed by atoms with van der Waals surface area (Å²) in [5.41, 5.74) is 1.17. The first-order chi connectivity index (χ1) is 17.1. The van der Waals surface area contributed by atoms with Gasteiger partial charge in [-0.3, -0.25) is 14.5 Å². The molecule has 36 heavy (non-hydrogen) atoms. The van der Waals surface area contributed by atoms with E-state index in [4.69, 9.17) is 9.88 Å². The molecular weight excluding hydrogens is 480 g/mol. The largest absolute Gasteiger partial charge is 0.507 e. The smallest absolute Gasteiger partial charge is 0.300 e. The molecule has 3 N–H and O–H groups in total. The van der Waals surface area contributed by atoms with Gasteiger partial charge in [-0.2, -0.15) is 0 Å². The molecule has 1 atom stereocenters. The van der Waals surface area contributed by atoms with Crippen LogP contribution in [0.3, 0.4) is 0 Å². The molecule has 1 heterocycles. The molecule has 3 aromatic carbocycles. The Bertz CT molecular complexity index is 1410. The molecule has 0 aromatic heterocycles. The molecule has 0 bridgehead atoms. The van der Waals surface area contributed by atoms with Gasteiger partial charge < -0.3 is 9.84 Å². The topological polar surface area (TPSA) is 127 Å². The highest BCUT2D eigenvalue weighted by Gasteiger charge is 2.46. The predicted molar refractivity (Wildman–Crippen MR) is 136 cm³/mol.